The van der Waals surface area contributed by atoms with Crippen molar-refractivity contribution >= 4 is 17.9 Å². The summed E-state index contributed by atoms with van der Waals surface area (Å²) in [6.45, 7) is 5.89. The van der Waals surface area contributed by atoms with Crippen molar-refractivity contribution in [2.75, 3.05) is 13.1 Å². The van der Waals surface area contributed by atoms with Crippen LogP contribution in [0.1, 0.15) is 27.2 Å². The van der Waals surface area contributed by atoms with E-state index in [9.17, 15) is 14.4 Å². The number of carbonyl (C=O) groups is 3. The largest absolute Gasteiger partial charge is 0.480 e. The number of rotatable bonds is 4. The van der Waals surface area contributed by atoms with Crippen molar-refractivity contribution < 1.29 is 19.5 Å². The van der Waals surface area contributed by atoms with Crippen molar-refractivity contribution in [3.05, 3.63) is 0 Å². The van der Waals surface area contributed by atoms with Crippen LogP contribution in [0.15, 0.2) is 0 Å². The first-order valence-corrected chi connectivity index (χ1v) is 6.38. The topological polar surface area (TPSA) is 98.7 Å². The van der Waals surface area contributed by atoms with Gasteiger partial charge in [0.1, 0.15) is 6.04 Å². The van der Waals surface area contributed by atoms with Crippen molar-refractivity contribution in [2.45, 2.75) is 39.3 Å². The van der Waals surface area contributed by atoms with Gasteiger partial charge in [-0.1, -0.05) is 6.92 Å². The second-order valence-electron chi connectivity index (χ2n) is 5.20. The minimum absolute atomic E-state index is 0.00907. The van der Waals surface area contributed by atoms with Crippen LogP contribution in [0.25, 0.3) is 0 Å². The zero-order valence-corrected chi connectivity index (χ0v) is 11.5. The summed E-state index contributed by atoms with van der Waals surface area (Å²) in [5.74, 6) is -1.40. The van der Waals surface area contributed by atoms with Gasteiger partial charge in [-0.25, -0.2) is 4.79 Å². The van der Waals surface area contributed by atoms with Crippen LogP contribution >= 0.6 is 0 Å². The van der Waals surface area contributed by atoms with Crippen molar-refractivity contribution in [1.29, 1.82) is 0 Å². The number of nitrogens with one attached hydrogen (secondary N) is 2. The van der Waals surface area contributed by atoms with E-state index in [0.29, 0.717) is 6.54 Å². The van der Waals surface area contributed by atoms with Crippen LogP contribution in [0.4, 0.5) is 4.79 Å². The van der Waals surface area contributed by atoms with Gasteiger partial charge in [-0.3, -0.25) is 19.8 Å². The molecule has 3 amide bonds. The number of nitrogens with zero attached hydrogens (tertiary/aromatic N) is 1. The van der Waals surface area contributed by atoms with E-state index < -0.39 is 23.9 Å². The van der Waals surface area contributed by atoms with E-state index in [4.69, 9.17) is 5.11 Å². The lowest BCUT2D eigenvalue weighted by molar-refractivity contribution is -0.143. The van der Waals surface area contributed by atoms with Crippen LogP contribution in [-0.4, -0.2) is 53.1 Å². The quantitative estimate of drug-likeness (QED) is 0.669. The van der Waals surface area contributed by atoms with Crippen molar-refractivity contribution in [3.63, 3.8) is 0 Å². The molecule has 7 nitrogen and oxygen atoms in total. The molecule has 0 saturated carbocycles. The first-order valence-electron chi connectivity index (χ1n) is 6.38. The maximum Gasteiger partial charge on any atom is 0.321 e. The number of imide groups is 1. The highest BCUT2D eigenvalue weighted by Gasteiger charge is 2.37. The monoisotopic (exact) mass is 271 g/mol. The van der Waals surface area contributed by atoms with Gasteiger partial charge in [0, 0.05) is 6.04 Å². The minimum Gasteiger partial charge on any atom is -0.480 e. The molecule has 0 aliphatic carbocycles. The van der Waals surface area contributed by atoms with Crippen molar-refractivity contribution in [1.82, 2.24) is 15.5 Å². The number of carboxylic acids is 1. The summed E-state index contributed by atoms with van der Waals surface area (Å²) in [5, 5.41) is 13.8. The van der Waals surface area contributed by atoms with Crippen LogP contribution in [-0.2, 0) is 9.59 Å². The molecule has 1 saturated heterocycles. The third kappa shape index (κ3) is 4.51. The van der Waals surface area contributed by atoms with E-state index in [1.54, 1.807) is 18.7 Å². The van der Waals surface area contributed by atoms with Gasteiger partial charge >= 0.3 is 12.0 Å². The maximum atomic E-state index is 11.7. The number of likely N-dealkylation sites (tertiary alicyclic amines) is 1. The van der Waals surface area contributed by atoms with Gasteiger partial charge in [0.15, 0.2) is 0 Å². The molecule has 0 radical (unpaired) electrons. The molecule has 19 heavy (non-hydrogen) atoms. The van der Waals surface area contributed by atoms with Crippen LogP contribution in [0, 0.1) is 5.92 Å². The molecule has 0 aromatic rings. The lowest BCUT2D eigenvalue weighted by Gasteiger charge is -2.22. The maximum absolute atomic E-state index is 11.7. The van der Waals surface area contributed by atoms with E-state index in [0.717, 1.165) is 6.42 Å². The van der Waals surface area contributed by atoms with Gasteiger partial charge in [-0.15, -0.1) is 0 Å². The highest BCUT2D eigenvalue weighted by atomic mass is 16.4. The summed E-state index contributed by atoms with van der Waals surface area (Å²) in [7, 11) is 0. The molecular weight excluding hydrogens is 250 g/mol. The SMILES string of the molecule is CC(C)NC(=O)NC(=O)CN1CCC(C)C1C(=O)O. The highest BCUT2D eigenvalue weighted by Crippen LogP contribution is 2.23. The standard InChI is InChI=1S/C12H21N3O4/c1-7(2)13-12(19)14-9(16)6-15-5-4-8(3)10(15)11(17)18/h7-8,10H,4-6H2,1-3H3,(H,17,18)(H2,13,14,16,19). The molecule has 1 rings (SSSR count). The van der Waals surface area contributed by atoms with Crippen LogP contribution < -0.4 is 10.6 Å². The molecule has 1 aliphatic rings. The molecule has 0 bridgehead atoms. The Balaban J connectivity index is 2.48. The normalized spacial score (nSPS) is 23.4. The molecule has 1 fully saturated rings. The van der Waals surface area contributed by atoms with Crippen LogP contribution in [0.5, 0.6) is 0 Å². The Labute approximate surface area is 112 Å². The lowest BCUT2D eigenvalue weighted by atomic mass is 10.0. The van der Waals surface area contributed by atoms with E-state index in [-0.39, 0.29) is 18.5 Å². The van der Waals surface area contributed by atoms with E-state index in [1.807, 2.05) is 6.92 Å². The molecule has 1 heterocycles. The first kappa shape index (κ1) is 15.4. The molecule has 1 aliphatic heterocycles. The third-order valence-electron chi connectivity index (χ3n) is 3.08. The summed E-state index contributed by atoms with van der Waals surface area (Å²) in [6.07, 6.45) is 0.739. The molecule has 108 valence electrons. The van der Waals surface area contributed by atoms with Crippen LogP contribution in [0.2, 0.25) is 0 Å². The average Bonchev–Trinajstić information content (AvgIpc) is 2.57. The summed E-state index contributed by atoms with van der Waals surface area (Å²) in [4.78, 5) is 35.7. The van der Waals surface area contributed by atoms with Gasteiger partial charge in [0.05, 0.1) is 6.54 Å². The predicted molar refractivity (Wildman–Crippen MR) is 68.6 cm³/mol. The smallest absolute Gasteiger partial charge is 0.321 e. The summed E-state index contributed by atoms with van der Waals surface area (Å²) in [5.41, 5.74) is 0. The molecule has 2 unspecified atom stereocenters. The zero-order valence-electron chi connectivity index (χ0n) is 11.5. The predicted octanol–water partition coefficient (Wildman–Crippen LogP) is 0.0156. The van der Waals surface area contributed by atoms with Crippen molar-refractivity contribution in [3.8, 4) is 0 Å². The second-order valence-corrected chi connectivity index (χ2v) is 5.20. The zero-order chi connectivity index (χ0) is 14.6. The lowest BCUT2D eigenvalue weighted by Crippen LogP contribution is -2.48. The molecule has 0 spiro atoms. The highest BCUT2D eigenvalue weighted by molar-refractivity contribution is 5.95. The van der Waals surface area contributed by atoms with E-state index in [1.165, 1.54) is 0 Å². The summed E-state index contributed by atoms with van der Waals surface area (Å²) >= 11 is 0. The van der Waals surface area contributed by atoms with E-state index in [2.05, 4.69) is 10.6 Å². The van der Waals surface area contributed by atoms with Gasteiger partial charge in [0.2, 0.25) is 5.91 Å². The fraction of sp³-hybridized carbons (Fsp3) is 0.750. The Morgan fingerprint density at radius 2 is 2.00 bits per heavy atom. The van der Waals surface area contributed by atoms with Crippen molar-refractivity contribution in [2.24, 2.45) is 5.92 Å². The fourth-order valence-electron chi connectivity index (χ4n) is 2.25. The Bertz CT molecular complexity index is 370. The summed E-state index contributed by atoms with van der Waals surface area (Å²) < 4.78 is 0. The minimum atomic E-state index is -0.926. The molecule has 0 aromatic carbocycles. The number of hydrogen-bond donors (Lipinski definition) is 3. The van der Waals surface area contributed by atoms with Crippen LogP contribution in [0.3, 0.4) is 0 Å². The van der Waals surface area contributed by atoms with Gasteiger partial charge in [0.25, 0.3) is 0 Å². The molecule has 0 aromatic heterocycles. The number of aliphatic carboxylic acids is 1. The number of hydrogen-bond acceptors (Lipinski definition) is 4. The number of carbonyl (C=O) groups excluding carboxylic acids is 2. The second kappa shape index (κ2) is 6.51. The van der Waals surface area contributed by atoms with Gasteiger partial charge in [-0.05, 0) is 32.7 Å². The molecule has 7 heteroatoms. The number of carboxylic acid groups (broad SMARTS) is 1. The Kier molecular flexibility index (Phi) is 5.29. The van der Waals surface area contributed by atoms with Gasteiger partial charge in [-0.2, -0.15) is 0 Å². The molecule has 3 N–H and O–H groups in total. The van der Waals surface area contributed by atoms with E-state index >= 15 is 0 Å². The molecule has 2 atom stereocenters. The average molecular weight is 271 g/mol. The fourth-order valence-corrected chi connectivity index (χ4v) is 2.25. The summed E-state index contributed by atoms with van der Waals surface area (Å²) in [6, 6.07) is -1.27. The Morgan fingerprint density at radius 1 is 1.37 bits per heavy atom. The Morgan fingerprint density at radius 3 is 2.53 bits per heavy atom. The Hall–Kier alpha value is -1.63. The first-order chi connectivity index (χ1) is 8.81. The van der Waals surface area contributed by atoms with Gasteiger partial charge < -0.3 is 10.4 Å². The third-order valence-corrected chi connectivity index (χ3v) is 3.08. The number of urea groups is 1. The molecular formula is C12H21N3O4. The number of amides is 3.